The lowest BCUT2D eigenvalue weighted by Crippen LogP contribution is -2.04. The second-order valence-electron chi connectivity index (χ2n) is 3.78. The van der Waals surface area contributed by atoms with Gasteiger partial charge >= 0.3 is 0 Å². The third-order valence-corrected chi connectivity index (χ3v) is 2.48. The molecule has 1 heterocycles. The first kappa shape index (κ1) is 11.9. The van der Waals surface area contributed by atoms with Crippen LogP contribution in [0.3, 0.4) is 0 Å². The average molecular weight is 239 g/mol. The van der Waals surface area contributed by atoms with Crippen LogP contribution in [0.1, 0.15) is 11.3 Å². The molecule has 0 aliphatic carbocycles. The molecular weight excluding hydrogens is 226 g/mol. The molecule has 1 aromatic heterocycles. The first-order valence-corrected chi connectivity index (χ1v) is 5.62. The maximum Gasteiger partial charge on any atom is 0.143 e. The van der Waals surface area contributed by atoms with Crippen molar-refractivity contribution in [2.24, 2.45) is 0 Å². The molecule has 2 aromatic rings. The quantitative estimate of drug-likeness (QED) is 0.830. The van der Waals surface area contributed by atoms with Crippen molar-refractivity contribution in [3.63, 3.8) is 0 Å². The number of nitrogen functional groups attached to an aromatic ring is 1. The van der Waals surface area contributed by atoms with Gasteiger partial charge in [-0.25, -0.2) is 0 Å². The lowest BCUT2D eigenvalue weighted by molar-refractivity contribution is 0.322. The highest BCUT2D eigenvalue weighted by Crippen LogP contribution is 2.22. The number of anilines is 1. The number of rotatable bonds is 4. The highest BCUT2D eigenvalue weighted by atomic mass is 16.5. The van der Waals surface area contributed by atoms with Crippen LogP contribution in [0, 0.1) is 11.3 Å². The smallest absolute Gasteiger partial charge is 0.143 e. The molecule has 0 atom stereocenters. The zero-order valence-electron chi connectivity index (χ0n) is 9.84. The number of nitrogens with zero attached hydrogens (tertiary/aromatic N) is 2. The molecule has 2 N–H and O–H groups in total. The molecule has 1 aromatic carbocycles. The van der Waals surface area contributed by atoms with Crippen molar-refractivity contribution in [2.75, 3.05) is 12.3 Å². The number of nitrogens with two attached hydrogens (primary N) is 1. The van der Waals surface area contributed by atoms with Crippen molar-refractivity contribution in [3.8, 4) is 11.8 Å². The number of hydrogen-bond acceptors (Lipinski definition) is 4. The van der Waals surface area contributed by atoms with Gasteiger partial charge in [0.25, 0.3) is 0 Å². The van der Waals surface area contributed by atoms with Crippen LogP contribution in [0.4, 0.5) is 5.69 Å². The lowest BCUT2D eigenvalue weighted by atomic mass is 10.2. The Morgan fingerprint density at radius 1 is 1.28 bits per heavy atom. The molecule has 90 valence electrons. The van der Waals surface area contributed by atoms with Gasteiger partial charge in [-0.2, -0.15) is 5.26 Å². The minimum atomic E-state index is 0.482. The molecule has 0 spiro atoms. The van der Waals surface area contributed by atoms with E-state index in [1.165, 1.54) is 0 Å². The number of hydrogen-bond donors (Lipinski definition) is 1. The highest BCUT2D eigenvalue weighted by molar-refractivity contribution is 5.56. The van der Waals surface area contributed by atoms with E-state index in [9.17, 15) is 0 Å². The van der Waals surface area contributed by atoms with Gasteiger partial charge in [-0.05, 0) is 24.3 Å². The fourth-order valence-electron chi connectivity index (χ4n) is 1.54. The summed E-state index contributed by atoms with van der Waals surface area (Å²) >= 11 is 0. The van der Waals surface area contributed by atoms with Crippen LogP contribution in [0.5, 0.6) is 5.75 Å². The zero-order valence-corrected chi connectivity index (χ0v) is 9.84. The van der Waals surface area contributed by atoms with E-state index in [0.29, 0.717) is 30.0 Å². The van der Waals surface area contributed by atoms with Crippen LogP contribution >= 0.6 is 0 Å². The standard InChI is InChI=1S/C14H13N3O/c15-10-11-4-5-13(16)14(9-11)18-8-6-12-3-1-2-7-17-12/h1-5,7,9H,6,8,16H2. The topological polar surface area (TPSA) is 71.9 Å². The third kappa shape index (κ3) is 2.98. The molecule has 0 saturated carbocycles. The summed E-state index contributed by atoms with van der Waals surface area (Å²) in [5.41, 5.74) is 7.81. The molecule has 0 aliphatic rings. The van der Waals surface area contributed by atoms with E-state index in [0.717, 1.165) is 5.69 Å². The Labute approximate surface area is 106 Å². The molecule has 0 radical (unpaired) electrons. The predicted octanol–water partition coefficient (Wildman–Crippen LogP) is 2.16. The van der Waals surface area contributed by atoms with Crippen LogP contribution in [-0.4, -0.2) is 11.6 Å². The van der Waals surface area contributed by atoms with Crippen LogP contribution in [0.2, 0.25) is 0 Å². The van der Waals surface area contributed by atoms with Gasteiger partial charge in [0.05, 0.1) is 23.9 Å². The van der Waals surface area contributed by atoms with E-state index < -0.39 is 0 Å². The van der Waals surface area contributed by atoms with Gasteiger partial charge in [0, 0.05) is 24.4 Å². The maximum absolute atomic E-state index is 8.80. The van der Waals surface area contributed by atoms with Crippen molar-refractivity contribution >= 4 is 5.69 Å². The Morgan fingerprint density at radius 3 is 2.89 bits per heavy atom. The average Bonchev–Trinajstić information content (AvgIpc) is 2.42. The number of benzene rings is 1. The zero-order chi connectivity index (χ0) is 12.8. The fourth-order valence-corrected chi connectivity index (χ4v) is 1.54. The van der Waals surface area contributed by atoms with E-state index in [1.807, 2.05) is 18.2 Å². The predicted molar refractivity (Wildman–Crippen MR) is 69.0 cm³/mol. The van der Waals surface area contributed by atoms with Crippen LogP contribution in [-0.2, 0) is 6.42 Å². The molecule has 0 bridgehead atoms. The number of nitriles is 1. The summed E-state index contributed by atoms with van der Waals surface area (Å²) in [5, 5.41) is 8.80. The molecule has 2 rings (SSSR count). The van der Waals surface area contributed by atoms with Gasteiger partial charge in [0.1, 0.15) is 5.75 Å². The van der Waals surface area contributed by atoms with Crippen LogP contribution in [0.25, 0.3) is 0 Å². The van der Waals surface area contributed by atoms with Gasteiger partial charge in [0.2, 0.25) is 0 Å². The second-order valence-corrected chi connectivity index (χ2v) is 3.78. The Hall–Kier alpha value is -2.54. The van der Waals surface area contributed by atoms with Crippen molar-refractivity contribution in [1.82, 2.24) is 4.98 Å². The monoisotopic (exact) mass is 239 g/mol. The lowest BCUT2D eigenvalue weighted by Gasteiger charge is -2.08. The normalized spacial score (nSPS) is 9.72. The van der Waals surface area contributed by atoms with Crippen molar-refractivity contribution in [3.05, 3.63) is 53.9 Å². The van der Waals surface area contributed by atoms with Crippen LogP contribution in [0.15, 0.2) is 42.6 Å². The summed E-state index contributed by atoms with van der Waals surface area (Å²) in [6.45, 7) is 0.482. The maximum atomic E-state index is 8.80. The summed E-state index contributed by atoms with van der Waals surface area (Å²) in [5.74, 6) is 0.546. The van der Waals surface area contributed by atoms with Crippen molar-refractivity contribution < 1.29 is 4.74 Å². The summed E-state index contributed by atoms with van der Waals surface area (Å²) in [7, 11) is 0. The molecule has 4 nitrogen and oxygen atoms in total. The fraction of sp³-hybridized carbons (Fsp3) is 0.143. The summed E-state index contributed by atoms with van der Waals surface area (Å²) in [6, 6.07) is 12.8. The van der Waals surface area contributed by atoms with E-state index in [1.54, 1.807) is 24.4 Å². The minimum absolute atomic E-state index is 0.482. The van der Waals surface area contributed by atoms with Gasteiger partial charge < -0.3 is 10.5 Å². The van der Waals surface area contributed by atoms with Gasteiger partial charge in [0.15, 0.2) is 0 Å². The second kappa shape index (κ2) is 5.69. The number of pyridine rings is 1. The Bertz CT molecular complexity index is 561. The van der Waals surface area contributed by atoms with Gasteiger partial charge in [-0.1, -0.05) is 6.07 Å². The minimum Gasteiger partial charge on any atom is -0.491 e. The molecular formula is C14H13N3O. The summed E-state index contributed by atoms with van der Waals surface area (Å²) in [6.07, 6.45) is 2.46. The molecule has 0 aliphatic heterocycles. The first-order valence-electron chi connectivity index (χ1n) is 5.62. The van der Waals surface area contributed by atoms with Crippen LogP contribution < -0.4 is 10.5 Å². The third-order valence-electron chi connectivity index (χ3n) is 2.48. The van der Waals surface area contributed by atoms with Crippen molar-refractivity contribution in [1.29, 1.82) is 5.26 Å². The molecule has 4 heteroatoms. The number of ether oxygens (including phenoxy) is 1. The van der Waals surface area contributed by atoms with E-state index >= 15 is 0 Å². The molecule has 0 amide bonds. The van der Waals surface area contributed by atoms with E-state index in [4.69, 9.17) is 15.7 Å². The number of aromatic nitrogens is 1. The summed E-state index contributed by atoms with van der Waals surface area (Å²) in [4.78, 5) is 4.20. The van der Waals surface area contributed by atoms with E-state index in [2.05, 4.69) is 11.1 Å². The van der Waals surface area contributed by atoms with Gasteiger partial charge in [-0.3, -0.25) is 4.98 Å². The first-order chi connectivity index (χ1) is 8.79. The highest BCUT2D eigenvalue weighted by Gasteiger charge is 2.02. The largest absolute Gasteiger partial charge is 0.491 e. The van der Waals surface area contributed by atoms with Gasteiger partial charge in [-0.15, -0.1) is 0 Å². The Morgan fingerprint density at radius 2 is 2.17 bits per heavy atom. The molecule has 0 saturated heterocycles. The Kier molecular flexibility index (Phi) is 3.77. The molecule has 18 heavy (non-hydrogen) atoms. The molecule has 0 unspecified atom stereocenters. The van der Waals surface area contributed by atoms with E-state index in [-0.39, 0.29) is 0 Å². The molecule has 0 fully saturated rings. The summed E-state index contributed by atoms with van der Waals surface area (Å²) < 4.78 is 5.57. The van der Waals surface area contributed by atoms with Crippen molar-refractivity contribution in [2.45, 2.75) is 6.42 Å². The SMILES string of the molecule is N#Cc1ccc(N)c(OCCc2ccccn2)c1. The Balaban J connectivity index is 1.96.